The molecule has 2 aromatic carbocycles. The van der Waals surface area contributed by atoms with Gasteiger partial charge in [-0.3, -0.25) is 0 Å². The van der Waals surface area contributed by atoms with Crippen molar-refractivity contribution < 1.29 is 18.6 Å². The summed E-state index contributed by atoms with van der Waals surface area (Å²) in [5, 5.41) is 2.55. The van der Waals surface area contributed by atoms with Gasteiger partial charge in [0.15, 0.2) is 5.79 Å². The van der Waals surface area contributed by atoms with Crippen LogP contribution in [0, 0.1) is 0 Å². The monoisotopic (exact) mass is 588 g/mol. The van der Waals surface area contributed by atoms with E-state index in [0.717, 1.165) is 17.9 Å². The van der Waals surface area contributed by atoms with Crippen LogP contribution >= 0.6 is 23.5 Å². The summed E-state index contributed by atoms with van der Waals surface area (Å²) >= 11 is 3.98. The molecule has 0 saturated carbocycles. The van der Waals surface area contributed by atoms with E-state index < -0.39 is 14.1 Å². The number of thioether (sulfide) groups is 2. The smallest absolute Gasteiger partial charge is 0.261 e. The van der Waals surface area contributed by atoms with E-state index in [1.54, 1.807) is 0 Å². The maximum absolute atomic E-state index is 6.97. The lowest BCUT2D eigenvalue weighted by molar-refractivity contribution is -0.155. The molecular formula is C32H48O4S2Si. The Morgan fingerprint density at radius 1 is 0.923 bits per heavy atom. The highest BCUT2D eigenvalue weighted by molar-refractivity contribution is 8.16. The molecule has 0 aromatic heterocycles. The third-order valence-corrected chi connectivity index (χ3v) is 14.6. The van der Waals surface area contributed by atoms with Gasteiger partial charge < -0.3 is 18.6 Å². The molecule has 0 bridgehead atoms. The molecule has 0 spiro atoms. The molecule has 3 rings (SSSR count). The van der Waals surface area contributed by atoms with Gasteiger partial charge in [0, 0.05) is 0 Å². The molecule has 1 saturated heterocycles. The number of hydrogen-bond acceptors (Lipinski definition) is 6. The van der Waals surface area contributed by atoms with Crippen LogP contribution in [0.1, 0.15) is 54.9 Å². The van der Waals surface area contributed by atoms with Crippen molar-refractivity contribution >= 4 is 42.2 Å². The highest BCUT2D eigenvalue weighted by atomic mass is 32.2. The van der Waals surface area contributed by atoms with Gasteiger partial charge in [-0.1, -0.05) is 107 Å². The van der Waals surface area contributed by atoms with Crippen molar-refractivity contribution in [2.75, 3.05) is 31.3 Å². The SMILES string of the molecule is CCSC(C[C@H](OC/C=C\CO[Si](c1ccccc1)(c1ccccc1)C(C)(C)C)[C@H]1COC(C)(C)O1)SCC. The quantitative estimate of drug-likeness (QED) is 0.128. The van der Waals surface area contributed by atoms with Crippen molar-refractivity contribution in [1.82, 2.24) is 0 Å². The normalized spacial score (nSPS) is 18.7. The van der Waals surface area contributed by atoms with Crippen molar-refractivity contribution in [3.63, 3.8) is 0 Å². The minimum Gasteiger partial charge on any atom is -0.404 e. The van der Waals surface area contributed by atoms with Crippen molar-refractivity contribution in [2.24, 2.45) is 0 Å². The van der Waals surface area contributed by atoms with E-state index in [4.69, 9.17) is 18.6 Å². The molecule has 1 heterocycles. The van der Waals surface area contributed by atoms with Crippen molar-refractivity contribution in [2.45, 2.75) is 82.5 Å². The van der Waals surface area contributed by atoms with Crippen molar-refractivity contribution in [3.8, 4) is 0 Å². The van der Waals surface area contributed by atoms with Gasteiger partial charge in [0.05, 0.1) is 30.5 Å². The van der Waals surface area contributed by atoms with Crippen LogP contribution in [0.2, 0.25) is 5.04 Å². The van der Waals surface area contributed by atoms with E-state index in [-0.39, 0.29) is 17.2 Å². The maximum Gasteiger partial charge on any atom is 0.261 e. The van der Waals surface area contributed by atoms with Crippen LogP contribution in [-0.4, -0.2) is 62.2 Å². The summed E-state index contributed by atoms with van der Waals surface area (Å²) in [6.45, 7) is 16.9. The summed E-state index contributed by atoms with van der Waals surface area (Å²) < 4.78 is 26.0. The molecule has 0 radical (unpaired) electrons. The summed E-state index contributed by atoms with van der Waals surface area (Å²) in [6, 6.07) is 21.5. The van der Waals surface area contributed by atoms with E-state index in [0.29, 0.717) is 24.4 Å². The molecule has 2 aromatic rings. The zero-order chi connectivity index (χ0) is 28.4. The second kappa shape index (κ2) is 15.2. The van der Waals surface area contributed by atoms with Gasteiger partial charge in [-0.25, -0.2) is 0 Å². The fourth-order valence-electron chi connectivity index (χ4n) is 5.22. The Morgan fingerprint density at radius 3 is 1.92 bits per heavy atom. The average molecular weight is 589 g/mol. The molecule has 0 N–H and O–H groups in total. The van der Waals surface area contributed by atoms with Gasteiger partial charge in [0.1, 0.15) is 6.10 Å². The van der Waals surface area contributed by atoms with Crippen LogP contribution in [0.25, 0.3) is 0 Å². The van der Waals surface area contributed by atoms with E-state index in [2.05, 4.69) is 107 Å². The first-order chi connectivity index (χ1) is 18.6. The van der Waals surface area contributed by atoms with Crippen molar-refractivity contribution in [1.29, 1.82) is 0 Å². The third-order valence-electron chi connectivity index (χ3n) is 6.96. The number of rotatable bonds is 15. The second-order valence-corrected chi connectivity index (χ2v) is 18.8. The molecule has 4 nitrogen and oxygen atoms in total. The van der Waals surface area contributed by atoms with Crippen LogP contribution in [0.15, 0.2) is 72.8 Å². The zero-order valence-corrected chi connectivity index (χ0v) is 27.5. The van der Waals surface area contributed by atoms with Crippen LogP contribution in [0.4, 0.5) is 0 Å². The lowest BCUT2D eigenvalue weighted by Gasteiger charge is -2.42. The molecule has 0 amide bonds. The lowest BCUT2D eigenvalue weighted by Crippen LogP contribution is -2.66. The minimum absolute atomic E-state index is 0.0166. The van der Waals surface area contributed by atoms with E-state index in [1.165, 1.54) is 10.4 Å². The molecular weight excluding hydrogens is 541 g/mol. The molecule has 1 fully saturated rings. The highest BCUT2D eigenvalue weighted by Gasteiger charge is 2.49. The second-order valence-electron chi connectivity index (χ2n) is 11.3. The van der Waals surface area contributed by atoms with Crippen LogP contribution in [-0.2, 0) is 18.6 Å². The Kier molecular flexibility index (Phi) is 12.7. The van der Waals surface area contributed by atoms with Crippen LogP contribution in [0.3, 0.4) is 0 Å². The molecule has 1 aliphatic rings. The molecule has 0 unspecified atom stereocenters. The average Bonchev–Trinajstić information content (AvgIpc) is 3.27. The van der Waals surface area contributed by atoms with Crippen LogP contribution < -0.4 is 10.4 Å². The first-order valence-corrected chi connectivity index (χ1v) is 18.2. The lowest BCUT2D eigenvalue weighted by atomic mass is 10.1. The van der Waals surface area contributed by atoms with Crippen LogP contribution in [0.5, 0.6) is 0 Å². The standard InChI is InChI=1S/C32H48O4S2Si/c1-8-37-30(38-9-2)24-28(29-25-34-32(6,7)36-29)33-22-16-17-23-35-39(31(3,4)5,26-18-12-10-13-19-26)27-20-14-11-15-21-27/h10-21,28-30H,8-9,22-25H2,1-7H3/b17-16-/t28-,29+/m0/s1. The maximum atomic E-state index is 6.97. The molecule has 1 aliphatic heterocycles. The Balaban J connectivity index is 1.71. The summed E-state index contributed by atoms with van der Waals surface area (Å²) in [4.78, 5) is 0. The minimum atomic E-state index is -2.54. The Morgan fingerprint density at radius 2 is 1.46 bits per heavy atom. The van der Waals surface area contributed by atoms with Gasteiger partial charge in [0.2, 0.25) is 0 Å². The molecule has 7 heteroatoms. The summed E-state index contributed by atoms with van der Waals surface area (Å²) in [6.07, 6.45) is 5.08. The van der Waals surface area contributed by atoms with E-state index in [1.807, 2.05) is 37.4 Å². The van der Waals surface area contributed by atoms with Gasteiger partial charge in [-0.05, 0) is 47.2 Å². The Bertz CT molecular complexity index is 949. The molecule has 39 heavy (non-hydrogen) atoms. The molecule has 2 atom stereocenters. The number of benzene rings is 2. The fraction of sp³-hybridized carbons (Fsp3) is 0.562. The summed E-state index contributed by atoms with van der Waals surface area (Å²) in [5.41, 5.74) is 0. The fourth-order valence-corrected chi connectivity index (χ4v) is 12.3. The molecule has 0 aliphatic carbocycles. The number of ether oxygens (including phenoxy) is 3. The van der Waals surface area contributed by atoms with Gasteiger partial charge >= 0.3 is 0 Å². The van der Waals surface area contributed by atoms with Crippen molar-refractivity contribution in [3.05, 3.63) is 72.8 Å². The first-order valence-electron chi connectivity index (χ1n) is 14.2. The van der Waals surface area contributed by atoms with Gasteiger partial charge in [0.25, 0.3) is 8.32 Å². The Hall–Kier alpha value is -1.06. The predicted octanol–water partition coefficient (Wildman–Crippen LogP) is 6.88. The van der Waals surface area contributed by atoms with E-state index in [9.17, 15) is 0 Å². The topological polar surface area (TPSA) is 36.9 Å². The largest absolute Gasteiger partial charge is 0.404 e. The van der Waals surface area contributed by atoms with Gasteiger partial charge in [-0.15, -0.1) is 23.5 Å². The third kappa shape index (κ3) is 8.96. The highest BCUT2D eigenvalue weighted by Crippen LogP contribution is 2.37. The summed E-state index contributed by atoms with van der Waals surface area (Å²) in [5.74, 6) is 1.63. The summed E-state index contributed by atoms with van der Waals surface area (Å²) in [7, 11) is -2.54. The Labute approximate surface area is 246 Å². The molecule has 216 valence electrons. The van der Waals surface area contributed by atoms with E-state index >= 15 is 0 Å². The zero-order valence-electron chi connectivity index (χ0n) is 24.9. The van der Waals surface area contributed by atoms with Gasteiger partial charge in [-0.2, -0.15) is 0 Å². The predicted molar refractivity (Wildman–Crippen MR) is 172 cm³/mol. The number of hydrogen-bond donors (Lipinski definition) is 0. The first kappa shape index (κ1) is 32.5.